The van der Waals surface area contributed by atoms with E-state index in [2.05, 4.69) is 27.4 Å². The monoisotopic (exact) mass is 380 g/mol. The number of anilines is 1. The van der Waals surface area contributed by atoms with Crippen LogP contribution in [0.25, 0.3) is 11.0 Å². The van der Waals surface area contributed by atoms with Crippen LogP contribution in [0.3, 0.4) is 0 Å². The second-order valence-corrected chi connectivity index (χ2v) is 7.01. The molecule has 4 aromatic rings. The van der Waals surface area contributed by atoms with Crippen LogP contribution < -0.4 is 10.2 Å². The molecular formula is C24H20N4O. The largest absolute Gasteiger partial charge is 0.379 e. The third kappa shape index (κ3) is 3.27. The minimum absolute atomic E-state index is 0.0304. The Balaban J connectivity index is 1.45. The Morgan fingerprint density at radius 2 is 1.59 bits per heavy atom. The standard InChI is InChI=1S/C24H20N4O/c29-23-15-21(25-16-22-26-19-13-7-8-14-20(19)27-22)24(17-9-3-1-4-10-17)28(23)18-11-5-2-6-12-18/h1-15,24-25H,16H2,(H,26,27). The molecule has 5 rings (SSSR count). The van der Waals surface area contributed by atoms with E-state index in [4.69, 9.17) is 0 Å². The van der Waals surface area contributed by atoms with Crippen LogP contribution in [0.5, 0.6) is 0 Å². The SMILES string of the molecule is O=C1C=C(NCc2nc3ccccc3[nH]2)C(c2ccccc2)N1c1ccccc1. The van der Waals surface area contributed by atoms with Crippen molar-refractivity contribution in [3.63, 3.8) is 0 Å². The van der Waals surface area contributed by atoms with Crippen LogP contribution in [0.4, 0.5) is 5.69 Å². The normalized spacial score (nSPS) is 16.3. The molecule has 1 unspecified atom stereocenters. The molecule has 0 bridgehead atoms. The van der Waals surface area contributed by atoms with Crippen molar-refractivity contribution in [2.24, 2.45) is 0 Å². The third-order valence-electron chi connectivity index (χ3n) is 5.12. The first-order chi connectivity index (χ1) is 14.3. The lowest BCUT2D eigenvalue weighted by molar-refractivity contribution is -0.113. The van der Waals surface area contributed by atoms with E-state index in [1.165, 1.54) is 0 Å². The van der Waals surface area contributed by atoms with Crippen LogP contribution in [0.1, 0.15) is 17.4 Å². The molecule has 2 N–H and O–H groups in total. The fourth-order valence-corrected chi connectivity index (χ4v) is 3.80. The molecule has 2 heterocycles. The number of H-pyrrole nitrogens is 1. The maximum Gasteiger partial charge on any atom is 0.253 e. The third-order valence-corrected chi connectivity index (χ3v) is 5.12. The molecule has 0 saturated heterocycles. The van der Waals surface area contributed by atoms with E-state index >= 15 is 0 Å². The number of benzene rings is 3. The molecule has 3 aromatic carbocycles. The Labute approximate surface area is 168 Å². The highest BCUT2D eigenvalue weighted by Gasteiger charge is 2.35. The molecule has 0 saturated carbocycles. The molecule has 1 atom stereocenters. The summed E-state index contributed by atoms with van der Waals surface area (Å²) < 4.78 is 0. The van der Waals surface area contributed by atoms with E-state index in [-0.39, 0.29) is 11.9 Å². The number of amides is 1. The molecule has 5 heteroatoms. The minimum atomic E-state index is -0.199. The van der Waals surface area contributed by atoms with E-state index in [0.717, 1.165) is 33.8 Å². The molecule has 29 heavy (non-hydrogen) atoms. The van der Waals surface area contributed by atoms with Crippen molar-refractivity contribution in [2.45, 2.75) is 12.6 Å². The quantitative estimate of drug-likeness (QED) is 0.542. The van der Waals surface area contributed by atoms with E-state index in [9.17, 15) is 4.79 Å². The zero-order valence-electron chi connectivity index (χ0n) is 15.7. The number of para-hydroxylation sites is 3. The minimum Gasteiger partial charge on any atom is -0.379 e. The summed E-state index contributed by atoms with van der Waals surface area (Å²) in [5, 5.41) is 3.44. The van der Waals surface area contributed by atoms with Crippen molar-refractivity contribution in [3.05, 3.63) is 108 Å². The fourth-order valence-electron chi connectivity index (χ4n) is 3.80. The Kier molecular flexibility index (Phi) is 4.33. The van der Waals surface area contributed by atoms with Gasteiger partial charge in [-0.3, -0.25) is 9.69 Å². The summed E-state index contributed by atoms with van der Waals surface area (Å²) in [5.41, 5.74) is 4.75. The fraction of sp³-hybridized carbons (Fsp3) is 0.0833. The molecule has 5 nitrogen and oxygen atoms in total. The van der Waals surface area contributed by atoms with E-state index in [0.29, 0.717) is 6.54 Å². The summed E-state index contributed by atoms with van der Waals surface area (Å²) >= 11 is 0. The van der Waals surface area contributed by atoms with E-state index in [1.807, 2.05) is 77.7 Å². The number of nitrogens with one attached hydrogen (secondary N) is 2. The van der Waals surface area contributed by atoms with Crippen molar-refractivity contribution >= 4 is 22.6 Å². The Bertz CT molecular complexity index is 1150. The lowest BCUT2D eigenvalue weighted by Crippen LogP contribution is -2.31. The molecule has 1 aliphatic heterocycles. The molecule has 0 fully saturated rings. The van der Waals surface area contributed by atoms with Gasteiger partial charge in [-0.25, -0.2) is 4.98 Å². The first kappa shape index (κ1) is 17.3. The first-order valence-electron chi connectivity index (χ1n) is 9.62. The topological polar surface area (TPSA) is 61.0 Å². The maximum atomic E-state index is 12.9. The lowest BCUT2D eigenvalue weighted by atomic mass is 10.0. The second kappa shape index (κ2) is 7.28. The molecule has 1 aromatic heterocycles. The summed E-state index contributed by atoms with van der Waals surface area (Å²) in [6.45, 7) is 0.514. The van der Waals surface area contributed by atoms with Gasteiger partial charge in [-0.1, -0.05) is 60.7 Å². The summed E-state index contributed by atoms with van der Waals surface area (Å²) in [6, 6.07) is 27.6. The average Bonchev–Trinajstić information content (AvgIpc) is 3.33. The summed E-state index contributed by atoms with van der Waals surface area (Å²) in [6.07, 6.45) is 1.69. The summed E-state index contributed by atoms with van der Waals surface area (Å²) in [7, 11) is 0. The highest BCUT2D eigenvalue weighted by Crippen LogP contribution is 2.36. The maximum absolute atomic E-state index is 12.9. The molecule has 1 amide bonds. The zero-order valence-corrected chi connectivity index (χ0v) is 15.7. The molecule has 1 aliphatic rings. The van der Waals surface area contributed by atoms with E-state index in [1.54, 1.807) is 6.08 Å². The van der Waals surface area contributed by atoms with Crippen LogP contribution in [0.2, 0.25) is 0 Å². The lowest BCUT2D eigenvalue weighted by Gasteiger charge is -2.28. The molecule has 0 spiro atoms. The van der Waals surface area contributed by atoms with Gasteiger partial charge in [0, 0.05) is 17.5 Å². The van der Waals surface area contributed by atoms with Gasteiger partial charge in [0.25, 0.3) is 5.91 Å². The van der Waals surface area contributed by atoms with Gasteiger partial charge < -0.3 is 10.3 Å². The number of fused-ring (bicyclic) bond motifs is 1. The summed E-state index contributed by atoms with van der Waals surface area (Å²) in [5.74, 6) is 0.807. The number of nitrogens with zero attached hydrogens (tertiary/aromatic N) is 2. The molecule has 0 aliphatic carbocycles. The number of hydrogen-bond donors (Lipinski definition) is 2. The van der Waals surface area contributed by atoms with Gasteiger partial charge in [0.15, 0.2) is 0 Å². The zero-order chi connectivity index (χ0) is 19.6. The number of aromatic nitrogens is 2. The Hall–Kier alpha value is -3.86. The van der Waals surface area contributed by atoms with Crippen LogP contribution in [0, 0.1) is 0 Å². The van der Waals surface area contributed by atoms with Gasteiger partial charge in [-0.15, -0.1) is 0 Å². The van der Waals surface area contributed by atoms with Crippen molar-refractivity contribution < 1.29 is 4.79 Å². The smallest absolute Gasteiger partial charge is 0.253 e. The van der Waals surface area contributed by atoms with Crippen molar-refractivity contribution in [1.29, 1.82) is 0 Å². The predicted octanol–water partition coefficient (Wildman–Crippen LogP) is 4.32. The van der Waals surface area contributed by atoms with Crippen LogP contribution in [-0.4, -0.2) is 15.9 Å². The molecular weight excluding hydrogens is 360 g/mol. The van der Waals surface area contributed by atoms with Crippen molar-refractivity contribution in [1.82, 2.24) is 15.3 Å². The van der Waals surface area contributed by atoms with Gasteiger partial charge in [0.1, 0.15) is 11.9 Å². The van der Waals surface area contributed by atoms with Crippen LogP contribution >= 0.6 is 0 Å². The van der Waals surface area contributed by atoms with Gasteiger partial charge in [0.2, 0.25) is 0 Å². The van der Waals surface area contributed by atoms with Gasteiger partial charge in [-0.05, 0) is 29.8 Å². The molecule has 0 radical (unpaired) electrons. The summed E-state index contributed by atoms with van der Waals surface area (Å²) in [4.78, 5) is 22.7. The second-order valence-electron chi connectivity index (χ2n) is 7.01. The number of imidazole rings is 1. The van der Waals surface area contributed by atoms with Gasteiger partial charge in [0.05, 0.1) is 17.6 Å². The number of carbonyl (C=O) groups excluding carboxylic acids is 1. The highest BCUT2D eigenvalue weighted by molar-refractivity contribution is 6.06. The number of hydrogen-bond acceptors (Lipinski definition) is 3. The average molecular weight is 380 g/mol. The van der Waals surface area contributed by atoms with Gasteiger partial charge in [-0.2, -0.15) is 0 Å². The number of aromatic amines is 1. The highest BCUT2D eigenvalue weighted by atomic mass is 16.2. The van der Waals surface area contributed by atoms with Crippen molar-refractivity contribution in [3.8, 4) is 0 Å². The van der Waals surface area contributed by atoms with Crippen molar-refractivity contribution in [2.75, 3.05) is 4.90 Å². The predicted molar refractivity (Wildman–Crippen MR) is 114 cm³/mol. The molecule has 142 valence electrons. The van der Waals surface area contributed by atoms with Crippen LogP contribution in [-0.2, 0) is 11.3 Å². The van der Waals surface area contributed by atoms with E-state index < -0.39 is 0 Å². The van der Waals surface area contributed by atoms with Crippen LogP contribution in [0.15, 0.2) is 96.7 Å². The first-order valence-corrected chi connectivity index (χ1v) is 9.62. The van der Waals surface area contributed by atoms with Gasteiger partial charge >= 0.3 is 0 Å². The Morgan fingerprint density at radius 3 is 2.34 bits per heavy atom. The number of carbonyl (C=O) groups is 1. The Morgan fingerprint density at radius 1 is 0.897 bits per heavy atom. The number of rotatable bonds is 5.